The van der Waals surface area contributed by atoms with Gasteiger partial charge in [-0.1, -0.05) is 5.21 Å². The van der Waals surface area contributed by atoms with Gasteiger partial charge in [0.05, 0.1) is 17.2 Å². The molecule has 0 atom stereocenters. The highest BCUT2D eigenvalue weighted by Crippen LogP contribution is 2.41. The molecular formula is C11H12N4O2S. The van der Waals surface area contributed by atoms with E-state index in [2.05, 4.69) is 15.3 Å². The Balaban J connectivity index is 1.94. The Bertz CT molecular complexity index is 600. The molecule has 1 saturated carbocycles. The summed E-state index contributed by atoms with van der Waals surface area (Å²) in [5, 5.41) is 17.8. The number of aromatic nitrogens is 4. The van der Waals surface area contributed by atoms with E-state index >= 15 is 0 Å². The molecule has 1 fully saturated rings. The van der Waals surface area contributed by atoms with Gasteiger partial charge in [-0.05, 0) is 19.8 Å². The number of nitrogens with zero attached hydrogens (tertiary/aromatic N) is 4. The van der Waals surface area contributed by atoms with Crippen molar-refractivity contribution in [1.82, 2.24) is 20.0 Å². The average Bonchev–Trinajstić information content (AvgIpc) is 2.94. The minimum absolute atomic E-state index is 0.0961. The van der Waals surface area contributed by atoms with Gasteiger partial charge in [-0.15, -0.1) is 16.4 Å². The number of aryl methyl sites for hydroxylation is 1. The monoisotopic (exact) mass is 264 g/mol. The maximum Gasteiger partial charge on any atom is 0.358 e. The van der Waals surface area contributed by atoms with Crippen molar-refractivity contribution in [3.8, 4) is 0 Å². The standard InChI is InChI=1S/C11H12N4O2S/c1-6-12-4-8(18-6)5-15-10(7-2-3-7)9(11(16)17)13-14-15/h4,7H,2-3,5H2,1H3,(H,16,17). The van der Waals surface area contributed by atoms with E-state index in [1.807, 2.05) is 6.92 Å². The molecule has 1 aliphatic rings. The molecule has 3 rings (SSSR count). The van der Waals surface area contributed by atoms with Gasteiger partial charge >= 0.3 is 5.97 Å². The molecule has 2 aromatic heterocycles. The maximum absolute atomic E-state index is 11.1. The number of carbonyl (C=O) groups is 1. The van der Waals surface area contributed by atoms with Crippen molar-refractivity contribution in [2.24, 2.45) is 0 Å². The van der Waals surface area contributed by atoms with Crippen LogP contribution in [0.2, 0.25) is 0 Å². The van der Waals surface area contributed by atoms with E-state index in [1.165, 1.54) is 0 Å². The largest absolute Gasteiger partial charge is 0.476 e. The zero-order chi connectivity index (χ0) is 12.7. The van der Waals surface area contributed by atoms with Crippen molar-refractivity contribution in [3.05, 3.63) is 27.5 Å². The first kappa shape index (κ1) is 11.3. The van der Waals surface area contributed by atoms with E-state index < -0.39 is 5.97 Å². The van der Waals surface area contributed by atoms with Gasteiger partial charge in [-0.2, -0.15) is 0 Å². The van der Waals surface area contributed by atoms with E-state index in [4.69, 9.17) is 5.11 Å². The van der Waals surface area contributed by atoms with Crippen molar-refractivity contribution in [2.75, 3.05) is 0 Å². The molecule has 6 nitrogen and oxygen atoms in total. The molecule has 0 spiro atoms. The molecule has 2 aromatic rings. The Labute approximate surface area is 107 Å². The van der Waals surface area contributed by atoms with Crippen molar-refractivity contribution in [3.63, 3.8) is 0 Å². The first-order valence-corrected chi connectivity index (χ1v) is 6.55. The fourth-order valence-corrected chi connectivity index (χ4v) is 2.75. The van der Waals surface area contributed by atoms with Gasteiger partial charge in [-0.3, -0.25) is 0 Å². The smallest absolute Gasteiger partial charge is 0.358 e. The molecular weight excluding hydrogens is 252 g/mol. The Morgan fingerprint density at radius 1 is 1.61 bits per heavy atom. The summed E-state index contributed by atoms with van der Waals surface area (Å²) in [4.78, 5) is 16.3. The quantitative estimate of drug-likeness (QED) is 0.908. The molecule has 0 radical (unpaired) electrons. The lowest BCUT2D eigenvalue weighted by molar-refractivity contribution is 0.0689. The van der Waals surface area contributed by atoms with Crippen molar-refractivity contribution < 1.29 is 9.90 Å². The predicted octanol–water partition coefficient (Wildman–Crippen LogP) is 1.67. The summed E-state index contributed by atoms with van der Waals surface area (Å²) in [7, 11) is 0. The number of hydrogen-bond acceptors (Lipinski definition) is 5. The Kier molecular flexibility index (Phi) is 2.62. The fourth-order valence-electron chi connectivity index (χ4n) is 1.98. The molecule has 0 bridgehead atoms. The van der Waals surface area contributed by atoms with Crippen LogP contribution in [0.5, 0.6) is 0 Å². The summed E-state index contributed by atoms with van der Waals surface area (Å²) < 4.78 is 1.70. The van der Waals surface area contributed by atoms with Crippen molar-refractivity contribution >= 4 is 17.3 Å². The number of rotatable bonds is 4. The first-order valence-electron chi connectivity index (χ1n) is 5.73. The highest BCUT2D eigenvalue weighted by atomic mass is 32.1. The third-order valence-corrected chi connectivity index (χ3v) is 3.81. The zero-order valence-corrected chi connectivity index (χ0v) is 10.6. The van der Waals surface area contributed by atoms with E-state index in [9.17, 15) is 4.79 Å². The SMILES string of the molecule is Cc1ncc(Cn2nnc(C(=O)O)c2C2CC2)s1. The molecule has 2 heterocycles. The van der Waals surface area contributed by atoms with Crippen LogP contribution in [0, 0.1) is 6.92 Å². The molecule has 0 aromatic carbocycles. The van der Waals surface area contributed by atoms with Crippen LogP contribution in [0.15, 0.2) is 6.20 Å². The second-order valence-electron chi connectivity index (χ2n) is 4.41. The molecule has 18 heavy (non-hydrogen) atoms. The van der Waals surface area contributed by atoms with Gasteiger partial charge in [0, 0.05) is 17.0 Å². The number of carboxylic acids is 1. The van der Waals surface area contributed by atoms with E-state index in [-0.39, 0.29) is 5.69 Å². The van der Waals surface area contributed by atoms with Crippen LogP contribution < -0.4 is 0 Å². The highest BCUT2D eigenvalue weighted by Gasteiger charge is 2.33. The first-order chi connectivity index (χ1) is 8.65. The molecule has 0 saturated heterocycles. The van der Waals surface area contributed by atoms with E-state index in [0.29, 0.717) is 12.5 Å². The van der Waals surface area contributed by atoms with Crippen molar-refractivity contribution in [2.45, 2.75) is 32.2 Å². The Morgan fingerprint density at radius 2 is 2.39 bits per heavy atom. The molecule has 0 aliphatic heterocycles. The minimum atomic E-state index is -0.997. The molecule has 7 heteroatoms. The number of thiazole rings is 1. The molecule has 0 amide bonds. The normalized spacial score (nSPS) is 14.9. The van der Waals surface area contributed by atoms with Gasteiger partial charge in [0.1, 0.15) is 0 Å². The van der Waals surface area contributed by atoms with Crippen LogP contribution in [0.25, 0.3) is 0 Å². The van der Waals surface area contributed by atoms with Crippen LogP contribution in [-0.4, -0.2) is 31.1 Å². The lowest BCUT2D eigenvalue weighted by Crippen LogP contribution is -2.07. The van der Waals surface area contributed by atoms with Gasteiger partial charge < -0.3 is 5.11 Å². The van der Waals surface area contributed by atoms with E-state index in [0.717, 1.165) is 28.4 Å². The summed E-state index contributed by atoms with van der Waals surface area (Å²) in [6.45, 7) is 2.50. The molecule has 1 aliphatic carbocycles. The summed E-state index contributed by atoms with van der Waals surface area (Å²) in [6.07, 6.45) is 3.85. The maximum atomic E-state index is 11.1. The number of hydrogen-bond donors (Lipinski definition) is 1. The second-order valence-corrected chi connectivity index (χ2v) is 5.73. The van der Waals surface area contributed by atoms with Gasteiger partial charge in [-0.25, -0.2) is 14.5 Å². The Hall–Kier alpha value is -1.76. The Morgan fingerprint density at radius 3 is 2.94 bits per heavy atom. The van der Waals surface area contributed by atoms with Gasteiger partial charge in [0.2, 0.25) is 0 Å². The molecule has 94 valence electrons. The second kappa shape index (κ2) is 4.16. The van der Waals surface area contributed by atoms with Crippen LogP contribution >= 0.6 is 11.3 Å². The molecule has 1 N–H and O–H groups in total. The fraction of sp³-hybridized carbons (Fsp3) is 0.455. The zero-order valence-electron chi connectivity index (χ0n) is 9.83. The van der Waals surface area contributed by atoms with Gasteiger partial charge in [0.25, 0.3) is 0 Å². The number of aromatic carboxylic acids is 1. The minimum Gasteiger partial charge on any atom is -0.476 e. The summed E-state index contributed by atoms with van der Waals surface area (Å²) >= 11 is 1.59. The predicted molar refractivity (Wildman–Crippen MR) is 64.9 cm³/mol. The third kappa shape index (κ3) is 2.01. The summed E-state index contributed by atoms with van der Waals surface area (Å²) in [6, 6.07) is 0. The summed E-state index contributed by atoms with van der Waals surface area (Å²) in [5.41, 5.74) is 0.854. The van der Waals surface area contributed by atoms with Gasteiger partial charge in [0.15, 0.2) is 5.69 Å². The highest BCUT2D eigenvalue weighted by molar-refractivity contribution is 7.11. The summed E-state index contributed by atoms with van der Waals surface area (Å²) in [5.74, 6) is -0.691. The van der Waals surface area contributed by atoms with Crippen LogP contribution in [0.3, 0.4) is 0 Å². The topological polar surface area (TPSA) is 80.9 Å². The van der Waals surface area contributed by atoms with E-state index in [1.54, 1.807) is 22.2 Å². The number of carboxylic acid groups (broad SMARTS) is 1. The third-order valence-electron chi connectivity index (χ3n) is 2.91. The van der Waals surface area contributed by atoms with Crippen LogP contribution in [0.1, 0.15) is 44.8 Å². The van der Waals surface area contributed by atoms with Crippen molar-refractivity contribution in [1.29, 1.82) is 0 Å². The lowest BCUT2D eigenvalue weighted by atomic mass is 10.2. The molecule has 0 unspecified atom stereocenters. The van der Waals surface area contributed by atoms with Crippen LogP contribution in [0.4, 0.5) is 0 Å². The lowest BCUT2D eigenvalue weighted by Gasteiger charge is -2.03. The average molecular weight is 264 g/mol. The van der Waals surface area contributed by atoms with Crippen LogP contribution in [-0.2, 0) is 6.54 Å².